The van der Waals surface area contributed by atoms with Crippen molar-refractivity contribution in [2.75, 3.05) is 0 Å². The number of hydrogen-bond acceptors (Lipinski definition) is 3. The molecular weight excluding hydrogens is 290 g/mol. The van der Waals surface area contributed by atoms with Gasteiger partial charge in [-0.15, -0.1) is 0 Å². The van der Waals surface area contributed by atoms with Gasteiger partial charge in [-0.3, -0.25) is 4.98 Å². The Hall–Kier alpha value is -3.13. The topological polar surface area (TPSA) is 78.9 Å². The molecule has 0 aliphatic rings. The summed E-state index contributed by atoms with van der Waals surface area (Å²) in [5.74, 6) is -0.977. The van der Waals surface area contributed by atoms with Gasteiger partial charge in [0.05, 0.1) is 29.4 Å². The highest BCUT2D eigenvalue weighted by molar-refractivity contribution is 5.96. The fourth-order valence-electron chi connectivity index (χ4n) is 2.95. The van der Waals surface area contributed by atoms with Crippen molar-refractivity contribution in [3.05, 3.63) is 64.6 Å². The predicted octanol–water partition coefficient (Wildman–Crippen LogP) is 3.27. The number of rotatable bonds is 3. The van der Waals surface area contributed by atoms with Crippen molar-refractivity contribution in [1.82, 2.24) is 9.55 Å². The zero-order valence-corrected chi connectivity index (χ0v) is 12.9. The number of carbonyl (C=O) groups is 1. The number of benzene rings is 1. The standard InChI is InChI=1S/C18H15N3O2/c1-11-5-12(2)17-14(6-11)8-16(18(22)23)21(17)10-15-7-13(9-19)3-4-20-15/h3-8H,10H2,1-2H3,(H,22,23). The number of aryl methyl sites for hydroxylation is 2. The highest BCUT2D eigenvalue weighted by Gasteiger charge is 2.17. The number of pyridine rings is 1. The van der Waals surface area contributed by atoms with E-state index in [1.807, 2.05) is 26.0 Å². The maximum Gasteiger partial charge on any atom is 0.352 e. The third-order valence-corrected chi connectivity index (χ3v) is 3.81. The number of aromatic nitrogens is 2. The molecule has 0 spiro atoms. The lowest BCUT2D eigenvalue weighted by atomic mass is 10.1. The largest absolute Gasteiger partial charge is 0.477 e. The maximum absolute atomic E-state index is 11.6. The van der Waals surface area contributed by atoms with Crippen molar-refractivity contribution in [1.29, 1.82) is 5.26 Å². The summed E-state index contributed by atoms with van der Waals surface area (Å²) < 4.78 is 1.75. The second kappa shape index (κ2) is 5.58. The van der Waals surface area contributed by atoms with Crippen molar-refractivity contribution in [3.8, 4) is 6.07 Å². The van der Waals surface area contributed by atoms with Gasteiger partial charge in [-0.05, 0) is 43.7 Å². The molecule has 1 aromatic carbocycles. The average molecular weight is 305 g/mol. The van der Waals surface area contributed by atoms with Gasteiger partial charge in [-0.1, -0.05) is 11.6 Å². The summed E-state index contributed by atoms with van der Waals surface area (Å²) in [6.07, 6.45) is 1.57. The van der Waals surface area contributed by atoms with E-state index in [4.69, 9.17) is 5.26 Å². The molecule has 5 heteroatoms. The molecule has 3 aromatic rings. The van der Waals surface area contributed by atoms with Crippen LogP contribution in [0, 0.1) is 25.2 Å². The van der Waals surface area contributed by atoms with Crippen LogP contribution in [0.3, 0.4) is 0 Å². The first kappa shape index (κ1) is 14.8. The number of nitrogens with zero attached hydrogens (tertiary/aromatic N) is 3. The Kier molecular flexibility index (Phi) is 3.59. The summed E-state index contributed by atoms with van der Waals surface area (Å²) in [5, 5.41) is 19.4. The fraction of sp³-hybridized carbons (Fsp3) is 0.167. The van der Waals surface area contributed by atoms with Crippen molar-refractivity contribution in [2.45, 2.75) is 20.4 Å². The molecule has 23 heavy (non-hydrogen) atoms. The Morgan fingerprint density at radius 3 is 2.78 bits per heavy atom. The van der Waals surface area contributed by atoms with Crippen molar-refractivity contribution >= 4 is 16.9 Å². The van der Waals surface area contributed by atoms with E-state index in [1.54, 1.807) is 29.0 Å². The van der Waals surface area contributed by atoms with E-state index in [9.17, 15) is 9.90 Å². The second-order valence-electron chi connectivity index (χ2n) is 5.59. The lowest BCUT2D eigenvalue weighted by molar-refractivity contribution is 0.0686. The SMILES string of the molecule is Cc1cc(C)c2c(c1)cc(C(=O)O)n2Cc1cc(C#N)ccn1. The Bertz CT molecular complexity index is 964. The van der Waals surface area contributed by atoms with E-state index in [2.05, 4.69) is 11.1 Å². The van der Waals surface area contributed by atoms with Crippen LogP contribution in [0.1, 0.15) is 32.9 Å². The smallest absolute Gasteiger partial charge is 0.352 e. The molecule has 0 radical (unpaired) electrons. The number of hydrogen-bond donors (Lipinski definition) is 1. The van der Waals surface area contributed by atoms with Crippen molar-refractivity contribution in [3.63, 3.8) is 0 Å². The van der Waals surface area contributed by atoms with Crippen LogP contribution >= 0.6 is 0 Å². The summed E-state index contributed by atoms with van der Waals surface area (Å²) in [6.45, 7) is 4.27. The van der Waals surface area contributed by atoms with E-state index in [-0.39, 0.29) is 5.69 Å². The zero-order valence-electron chi connectivity index (χ0n) is 12.9. The van der Waals surface area contributed by atoms with Gasteiger partial charge >= 0.3 is 5.97 Å². The molecule has 0 saturated heterocycles. The summed E-state index contributed by atoms with van der Waals surface area (Å²) in [6, 6.07) is 11.1. The maximum atomic E-state index is 11.6. The van der Waals surface area contributed by atoms with Gasteiger partial charge in [0, 0.05) is 11.6 Å². The highest BCUT2D eigenvalue weighted by Crippen LogP contribution is 2.26. The van der Waals surface area contributed by atoms with Gasteiger partial charge in [0.2, 0.25) is 0 Å². The second-order valence-corrected chi connectivity index (χ2v) is 5.59. The predicted molar refractivity (Wildman–Crippen MR) is 86.4 cm³/mol. The summed E-state index contributed by atoms with van der Waals surface area (Å²) >= 11 is 0. The first-order valence-electron chi connectivity index (χ1n) is 7.18. The molecule has 5 nitrogen and oxygen atoms in total. The van der Waals surface area contributed by atoms with Crippen LogP contribution in [0.4, 0.5) is 0 Å². The van der Waals surface area contributed by atoms with Gasteiger partial charge in [0.25, 0.3) is 0 Å². The Morgan fingerprint density at radius 2 is 2.09 bits per heavy atom. The van der Waals surface area contributed by atoms with Crippen molar-refractivity contribution in [2.24, 2.45) is 0 Å². The zero-order chi connectivity index (χ0) is 16.6. The third kappa shape index (κ3) is 2.67. The molecule has 0 saturated carbocycles. The molecule has 0 atom stereocenters. The van der Waals surface area contributed by atoms with Gasteiger partial charge in [0.1, 0.15) is 5.69 Å². The minimum Gasteiger partial charge on any atom is -0.477 e. The third-order valence-electron chi connectivity index (χ3n) is 3.81. The molecule has 0 bridgehead atoms. The van der Waals surface area contributed by atoms with Crippen LogP contribution in [-0.4, -0.2) is 20.6 Å². The van der Waals surface area contributed by atoms with E-state index in [1.165, 1.54) is 0 Å². The number of aromatic carboxylic acids is 1. The van der Waals surface area contributed by atoms with Crippen LogP contribution in [0.15, 0.2) is 36.5 Å². The first-order valence-corrected chi connectivity index (χ1v) is 7.18. The lowest BCUT2D eigenvalue weighted by Gasteiger charge is -2.10. The highest BCUT2D eigenvalue weighted by atomic mass is 16.4. The molecule has 2 aromatic heterocycles. The van der Waals surface area contributed by atoms with Crippen molar-refractivity contribution < 1.29 is 9.90 Å². The van der Waals surface area contributed by atoms with Crippen LogP contribution in [-0.2, 0) is 6.54 Å². The van der Waals surface area contributed by atoms with E-state index < -0.39 is 5.97 Å². The van der Waals surface area contributed by atoms with E-state index >= 15 is 0 Å². The van der Waals surface area contributed by atoms with Crippen LogP contribution < -0.4 is 0 Å². The quantitative estimate of drug-likeness (QED) is 0.805. The Balaban J connectivity index is 2.20. The lowest BCUT2D eigenvalue weighted by Crippen LogP contribution is -2.10. The van der Waals surface area contributed by atoms with Gasteiger partial charge in [-0.25, -0.2) is 4.79 Å². The van der Waals surface area contributed by atoms with Gasteiger partial charge < -0.3 is 9.67 Å². The normalized spacial score (nSPS) is 10.7. The number of carboxylic acid groups (broad SMARTS) is 1. The molecule has 114 valence electrons. The molecule has 0 amide bonds. The Morgan fingerprint density at radius 1 is 1.30 bits per heavy atom. The number of fused-ring (bicyclic) bond motifs is 1. The first-order chi connectivity index (χ1) is 11.0. The molecule has 3 rings (SSSR count). The van der Waals surface area contributed by atoms with E-state index in [0.717, 1.165) is 22.0 Å². The molecule has 0 fully saturated rings. The van der Waals surface area contributed by atoms with Gasteiger partial charge in [0.15, 0.2) is 0 Å². The molecule has 2 heterocycles. The van der Waals surface area contributed by atoms with Gasteiger partial charge in [-0.2, -0.15) is 5.26 Å². The average Bonchev–Trinajstić information content (AvgIpc) is 2.86. The van der Waals surface area contributed by atoms with Crippen LogP contribution in [0.5, 0.6) is 0 Å². The molecule has 0 aliphatic carbocycles. The molecule has 0 unspecified atom stereocenters. The van der Waals surface area contributed by atoms with Crippen LogP contribution in [0.2, 0.25) is 0 Å². The number of nitriles is 1. The minimum atomic E-state index is -0.977. The van der Waals surface area contributed by atoms with E-state index in [0.29, 0.717) is 17.8 Å². The molecular formula is C18H15N3O2. The molecule has 0 aliphatic heterocycles. The minimum absolute atomic E-state index is 0.220. The number of carboxylic acids is 1. The monoisotopic (exact) mass is 305 g/mol. The fourth-order valence-corrected chi connectivity index (χ4v) is 2.95. The summed E-state index contributed by atoms with van der Waals surface area (Å²) in [7, 11) is 0. The Labute approximate surface area is 133 Å². The molecule has 1 N–H and O–H groups in total. The van der Waals surface area contributed by atoms with Crippen LogP contribution in [0.25, 0.3) is 10.9 Å². The summed E-state index contributed by atoms with van der Waals surface area (Å²) in [4.78, 5) is 15.9. The summed E-state index contributed by atoms with van der Waals surface area (Å²) in [5.41, 5.74) is 4.38.